The maximum Gasteiger partial charge on any atom is 0.263 e. The number of aryl methyl sites for hydroxylation is 1. The lowest BCUT2D eigenvalue weighted by molar-refractivity contribution is 0.0612. The van der Waals surface area contributed by atoms with Gasteiger partial charge in [-0.05, 0) is 51.7 Å². The van der Waals surface area contributed by atoms with Crippen molar-refractivity contribution in [1.82, 2.24) is 14.8 Å². The van der Waals surface area contributed by atoms with Crippen molar-refractivity contribution in [2.24, 2.45) is 0 Å². The largest absolute Gasteiger partial charge is 0.377 e. The Morgan fingerprint density at radius 3 is 2.68 bits per heavy atom. The van der Waals surface area contributed by atoms with E-state index in [9.17, 15) is 9.59 Å². The lowest BCUT2D eigenvalue weighted by Gasteiger charge is -2.33. The van der Waals surface area contributed by atoms with Crippen LogP contribution in [0.4, 0.5) is 0 Å². The number of pyridine rings is 1. The predicted octanol–water partition coefficient (Wildman–Crippen LogP) is 1.55. The predicted molar refractivity (Wildman–Crippen MR) is 97.0 cm³/mol. The van der Waals surface area contributed by atoms with Crippen LogP contribution in [0.2, 0.25) is 0 Å². The van der Waals surface area contributed by atoms with Gasteiger partial charge in [0.25, 0.3) is 11.5 Å². The summed E-state index contributed by atoms with van der Waals surface area (Å²) in [6.07, 6.45) is 4.56. The normalized spacial score (nSPS) is 22.2. The first kappa shape index (κ1) is 18.1. The van der Waals surface area contributed by atoms with Crippen molar-refractivity contribution in [1.29, 1.82) is 0 Å². The molecule has 2 aliphatic rings. The monoisotopic (exact) mass is 347 g/mol. The first-order valence-electron chi connectivity index (χ1n) is 9.43. The van der Waals surface area contributed by atoms with Gasteiger partial charge in [0.05, 0.1) is 6.10 Å². The Balaban J connectivity index is 1.53. The molecule has 1 amide bonds. The van der Waals surface area contributed by atoms with Crippen molar-refractivity contribution >= 4 is 5.91 Å². The van der Waals surface area contributed by atoms with E-state index in [1.54, 1.807) is 10.6 Å². The maximum absolute atomic E-state index is 12.5. The van der Waals surface area contributed by atoms with Crippen LogP contribution >= 0.6 is 0 Å². The van der Waals surface area contributed by atoms with Crippen molar-refractivity contribution < 1.29 is 9.53 Å². The molecular weight excluding hydrogens is 318 g/mol. The highest BCUT2D eigenvalue weighted by Crippen LogP contribution is 2.17. The van der Waals surface area contributed by atoms with Crippen molar-refractivity contribution in [2.45, 2.75) is 58.2 Å². The van der Waals surface area contributed by atoms with E-state index >= 15 is 0 Å². The van der Waals surface area contributed by atoms with Crippen molar-refractivity contribution in [2.75, 3.05) is 26.2 Å². The second kappa shape index (κ2) is 8.15. The van der Waals surface area contributed by atoms with Crippen LogP contribution in [0.25, 0.3) is 0 Å². The van der Waals surface area contributed by atoms with Crippen molar-refractivity contribution in [3.63, 3.8) is 0 Å². The summed E-state index contributed by atoms with van der Waals surface area (Å²) in [5.41, 5.74) is 0.927. The summed E-state index contributed by atoms with van der Waals surface area (Å²) in [5.74, 6) is -0.246. The Hall–Kier alpha value is -1.66. The van der Waals surface area contributed by atoms with E-state index in [0.29, 0.717) is 12.6 Å². The molecule has 25 heavy (non-hydrogen) atoms. The Bertz CT molecular complexity index is 656. The lowest BCUT2D eigenvalue weighted by Crippen LogP contribution is -2.47. The van der Waals surface area contributed by atoms with Gasteiger partial charge < -0.3 is 19.5 Å². The number of aromatic nitrogens is 1. The molecule has 138 valence electrons. The third-order valence-electron chi connectivity index (χ3n) is 5.36. The molecule has 6 nitrogen and oxygen atoms in total. The quantitative estimate of drug-likeness (QED) is 0.878. The number of carbonyl (C=O) groups is 1. The van der Waals surface area contributed by atoms with Crippen LogP contribution in [0, 0.1) is 6.92 Å². The molecule has 0 aromatic carbocycles. The molecule has 2 fully saturated rings. The zero-order valence-corrected chi connectivity index (χ0v) is 15.3. The van der Waals surface area contributed by atoms with Gasteiger partial charge in [-0.15, -0.1) is 0 Å². The van der Waals surface area contributed by atoms with E-state index in [1.165, 1.54) is 6.42 Å². The van der Waals surface area contributed by atoms with Gasteiger partial charge in [0, 0.05) is 44.5 Å². The number of rotatable bonds is 5. The molecule has 3 rings (SSSR count). The zero-order valence-electron chi connectivity index (χ0n) is 15.3. The minimum Gasteiger partial charge on any atom is -0.377 e. The minimum atomic E-state index is -0.246. The molecular formula is C19H29N3O3. The number of nitrogens with zero attached hydrogens (tertiary/aromatic N) is 2. The Morgan fingerprint density at radius 1 is 1.28 bits per heavy atom. The third-order valence-corrected chi connectivity index (χ3v) is 5.36. The standard InChI is InChI=1S/C19H29N3O3/c1-3-22-14(2)6-7-17(19(22)24)18(23)20-15-8-10-21(11-9-15)13-16-5-4-12-25-16/h6-7,15-16H,3-5,8-13H2,1-2H3,(H,20,23)/t16-/m1/s1. The van der Waals surface area contributed by atoms with Crippen LogP contribution in [-0.4, -0.2) is 53.8 Å². The molecule has 0 bridgehead atoms. The zero-order chi connectivity index (χ0) is 17.8. The number of ether oxygens (including phenoxy) is 1. The number of amides is 1. The average Bonchev–Trinajstić information content (AvgIpc) is 3.10. The summed E-state index contributed by atoms with van der Waals surface area (Å²) in [6.45, 7) is 8.21. The van der Waals surface area contributed by atoms with Gasteiger partial charge in [-0.2, -0.15) is 0 Å². The van der Waals surface area contributed by atoms with Gasteiger partial charge in [-0.1, -0.05) is 0 Å². The molecule has 2 saturated heterocycles. The number of piperidine rings is 1. The third kappa shape index (κ3) is 4.30. The number of hydrogen-bond donors (Lipinski definition) is 1. The van der Waals surface area contributed by atoms with Crippen LogP contribution in [-0.2, 0) is 11.3 Å². The van der Waals surface area contributed by atoms with E-state index in [0.717, 1.165) is 51.2 Å². The molecule has 6 heteroatoms. The SMILES string of the molecule is CCn1c(C)ccc(C(=O)NC2CCN(C[C@H]3CCCO3)CC2)c1=O. The lowest BCUT2D eigenvalue weighted by atomic mass is 10.0. The van der Waals surface area contributed by atoms with Crippen LogP contribution in [0.3, 0.4) is 0 Å². The molecule has 1 aromatic rings. The van der Waals surface area contributed by atoms with E-state index in [1.807, 2.05) is 19.9 Å². The van der Waals surface area contributed by atoms with E-state index in [-0.39, 0.29) is 23.1 Å². The molecule has 0 unspecified atom stereocenters. The number of carbonyl (C=O) groups excluding carboxylic acids is 1. The summed E-state index contributed by atoms with van der Waals surface area (Å²) >= 11 is 0. The molecule has 0 saturated carbocycles. The Morgan fingerprint density at radius 2 is 2.04 bits per heavy atom. The topological polar surface area (TPSA) is 63.6 Å². The van der Waals surface area contributed by atoms with Crippen molar-refractivity contribution in [3.05, 3.63) is 33.7 Å². The van der Waals surface area contributed by atoms with E-state index in [2.05, 4.69) is 10.2 Å². The Kier molecular flexibility index (Phi) is 5.91. The second-order valence-electron chi connectivity index (χ2n) is 7.12. The number of nitrogens with one attached hydrogen (secondary N) is 1. The van der Waals surface area contributed by atoms with Gasteiger partial charge in [-0.3, -0.25) is 9.59 Å². The highest BCUT2D eigenvalue weighted by molar-refractivity contribution is 5.94. The molecule has 0 radical (unpaired) electrons. The van der Waals surface area contributed by atoms with E-state index in [4.69, 9.17) is 4.74 Å². The highest BCUT2D eigenvalue weighted by atomic mass is 16.5. The van der Waals surface area contributed by atoms with Gasteiger partial charge in [0.15, 0.2) is 0 Å². The number of hydrogen-bond acceptors (Lipinski definition) is 4. The fourth-order valence-electron chi connectivity index (χ4n) is 3.84. The first-order valence-corrected chi connectivity index (χ1v) is 9.43. The maximum atomic E-state index is 12.5. The van der Waals surface area contributed by atoms with E-state index < -0.39 is 0 Å². The average molecular weight is 347 g/mol. The van der Waals surface area contributed by atoms with Crippen molar-refractivity contribution in [3.8, 4) is 0 Å². The summed E-state index contributed by atoms with van der Waals surface area (Å²) < 4.78 is 7.34. The molecule has 0 spiro atoms. The fraction of sp³-hybridized carbons (Fsp3) is 0.684. The van der Waals surface area contributed by atoms with Gasteiger partial charge in [0.2, 0.25) is 0 Å². The molecule has 3 heterocycles. The summed E-state index contributed by atoms with van der Waals surface area (Å²) in [5, 5.41) is 3.05. The molecule has 0 aliphatic carbocycles. The smallest absolute Gasteiger partial charge is 0.263 e. The summed E-state index contributed by atoms with van der Waals surface area (Å²) in [6, 6.07) is 3.62. The Labute approximate surface area is 149 Å². The van der Waals surface area contributed by atoms with Gasteiger partial charge in [-0.25, -0.2) is 0 Å². The molecule has 1 aromatic heterocycles. The first-order chi connectivity index (χ1) is 12.1. The van der Waals surface area contributed by atoms with Gasteiger partial charge in [0.1, 0.15) is 5.56 Å². The number of likely N-dealkylation sites (tertiary alicyclic amines) is 1. The highest BCUT2D eigenvalue weighted by Gasteiger charge is 2.25. The van der Waals surface area contributed by atoms with Crippen LogP contribution in [0.15, 0.2) is 16.9 Å². The molecule has 2 aliphatic heterocycles. The summed E-state index contributed by atoms with van der Waals surface area (Å²) in [7, 11) is 0. The van der Waals surface area contributed by atoms with Crippen LogP contribution in [0.5, 0.6) is 0 Å². The van der Waals surface area contributed by atoms with Crippen LogP contribution in [0.1, 0.15) is 48.7 Å². The summed E-state index contributed by atoms with van der Waals surface area (Å²) in [4.78, 5) is 27.4. The second-order valence-corrected chi connectivity index (χ2v) is 7.12. The van der Waals surface area contributed by atoms with Crippen LogP contribution < -0.4 is 10.9 Å². The van der Waals surface area contributed by atoms with Gasteiger partial charge >= 0.3 is 0 Å². The minimum absolute atomic E-state index is 0.143. The molecule has 1 N–H and O–H groups in total. The molecule has 1 atom stereocenters. The fourth-order valence-corrected chi connectivity index (χ4v) is 3.84.